The lowest BCUT2D eigenvalue weighted by atomic mass is 9.96. The highest BCUT2D eigenvalue weighted by molar-refractivity contribution is 5.76. The zero-order valence-electron chi connectivity index (χ0n) is 10.3. The molecule has 1 fully saturated rings. The lowest BCUT2D eigenvalue weighted by molar-refractivity contribution is -0.122. The van der Waals surface area contributed by atoms with Crippen LogP contribution in [0.1, 0.15) is 30.5 Å². The maximum atomic E-state index is 11.7. The van der Waals surface area contributed by atoms with E-state index in [-0.39, 0.29) is 5.91 Å². The van der Waals surface area contributed by atoms with Gasteiger partial charge in [0.2, 0.25) is 5.91 Å². The van der Waals surface area contributed by atoms with Crippen molar-refractivity contribution in [3.05, 3.63) is 17.5 Å². The number of nitrogens with zero attached hydrogens (tertiary/aromatic N) is 1. The molecule has 0 spiro atoms. The standard InChI is InChI=1S/C12H20N4O/c1-9-11(8-15-16-9)7-14-12(17)5-10-3-2-4-13-6-10/h8,10,13H,2-7H2,1H3,(H,14,17)(H,15,16). The number of hydrogen-bond acceptors (Lipinski definition) is 3. The van der Waals surface area contributed by atoms with Crippen molar-refractivity contribution >= 4 is 5.91 Å². The fraction of sp³-hybridized carbons (Fsp3) is 0.667. The van der Waals surface area contributed by atoms with E-state index in [1.54, 1.807) is 6.20 Å². The topological polar surface area (TPSA) is 69.8 Å². The van der Waals surface area contributed by atoms with Crippen LogP contribution >= 0.6 is 0 Å². The number of amides is 1. The number of rotatable bonds is 4. The Hall–Kier alpha value is -1.36. The maximum absolute atomic E-state index is 11.7. The Morgan fingerprint density at radius 2 is 2.53 bits per heavy atom. The van der Waals surface area contributed by atoms with E-state index in [4.69, 9.17) is 0 Å². The molecule has 1 amide bonds. The highest BCUT2D eigenvalue weighted by Crippen LogP contribution is 2.13. The maximum Gasteiger partial charge on any atom is 0.220 e. The van der Waals surface area contributed by atoms with Crippen LogP contribution in [0.2, 0.25) is 0 Å². The van der Waals surface area contributed by atoms with Gasteiger partial charge in [0.1, 0.15) is 0 Å². The summed E-state index contributed by atoms with van der Waals surface area (Å²) in [4.78, 5) is 11.7. The van der Waals surface area contributed by atoms with Gasteiger partial charge in [-0.1, -0.05) is 0 Å². The van der Waals surface area contributed by atoms with E-state index in [0.717, 1.165) is 30.8 Å². The summed E-state index contributed by atoms with van der Waals surface area (Å²) in [6.07, 6.45) is 4.73. The summed E-state index contributed by atoms with van der Waals surface area (Å²) in [6.45, 7) is 4.59. The van der Waals surface area contributed by atoms with Crippen LogP contribution in [0.3, 0.4) is 0 Å². The summed E-state index contributed by atoms with van der Waals surface area (Å²) in [5.74, 6) is 0.633. The molecular weight excluding hydrogens is 216 g/mol. The lowest BCUT2D eigenvalue weighted by Gasteiger charge is -2.22. The van der Waals surface area contributed by atoms with E-state index in [0.29, 0.717) is 18.9 Å². The molecule has 0 saturated carbocycles. The highest BCUT2D eigenvalue weighted by atomic mass is 16.1. The molecule has 1 atom stereocenters. The first-order chi connectivity index (χ1) is 8.25. The number of aromatic amines is 1. The summed E-state index contributed by atoms with van der Waals surface area (Å²) in [6, 6.07) is 0. The van der Waals surface area contributed by atoms with E-state index in [2.05, 4.69) is 20.8 Å². The molecule has 2 rings (SSSR count). The van der Waals surface area contributed by atoms with Gasteiger partial charge in [-0.05, 0) is 38.8 Å². The van der Waals surface area contributed by atoms with Gasteiger partial charge in [-0.2, -0.15) is 5.10 Å². The number of carbonyl (C=O) groups is 1. The minimum Gasteiger partial charge on any atom is -0.352 e. The number of carbonyl (C=O) groups excluding carboxylic acids is 1. The first-order valence-electron chi connectivity index (χ1n) is 6.22. The molecular formula is C12H20N4O. The Morgan fingerprint density at radius 3 is 3.18 bits per heavy atom. The number of piperidine rings is 1. The monoisotopic (exact) mass is 236 g/mol. The molecule has 0 aromatic carbocycles. The van der Waals surface area contributed by atoms with Crippen LogP contribution < -0.4 is 10.6 Å². The van der Waals surface area contributed by atoms with Crippen LogP contribution in [-0.2, 0) is 11.3 Å². The first-order valence-corrected chi connectivity index (χ1v) is 6.22. The van der Waals surface area contributed by atoms with Crippen LogP contribution in [0.5, 0.6) is 0 Å². The predicted molar refractivity (Wildman–Crippen MR) is 65.4 cm³/mol. The number of aromatic nitrogens is 2. The average Bonchev–Trinajstić information content (AvgIpc) is 2.74. The Morgan fingerprint density at radius 1 is 1.65 bits per heavy atom. The molecule has 1 aliphatic rings. The molecule has 5 nitrogen and oxygen atoms in total. The van der Waals surface area contributed by atoms with E-state index in [9.17, 15) is 4.79 Å². The van der Waals surface area contributed by atoms with Crippen molar-refractivity contribution in [1.82, 2.24) is 20.8 Å². The Labute approximate surface area is 101 Å². The summed E-state index contributed by atoms with van der Waals surface area (Å²) < 4.78 is 0. The Bertz CT molecular complexity index is 368. The van der Waals surface area contributed by atoms with E-state index < -0.39 is 0 Å². The molecule has 0 radical (unpaired) electrons. The van der Waals surface area contributed by atoms with E-state index in [1.165, 1.54) is 6.42 Å². The van der Waals surface area contributed by atoms with Gasteiger partial charge in [0.15, 0.2) is 0 Å². The van der Waals surface area contributed by atoms with Gasteiger partial charge in [-0.3, -0.25) is 9.89 Å². The fourth-order valence-electron chi connectivity index (χ4n) is 2.18. The second-order valence-corrected chi connectivity index (χ2v) is 4.71. The van der Waals surface area contributed by atoms with Crippen molar-refractivity contribution in [3.8, 4) is 0 Å². The second kappa shape index (κ2) is 5.82. The van der Waals surface area contributed by atoms with Gasteiger partial charge in [0.05, 0.1) is 6.20 Å². The summed E-state index contributed by atoms with van der Waals surface area (Å²) in [7, 11) is 0. The van der Waals surface area contributed by atoms with Crippen LogP contribution in [0.15, 0.2) is 6.20 Å². The zero-order chi connectivity index (χ0) is 12.1. The number of H-pyrrole nitrogens is 1. The van der Waals surface area contributed by atoms with Gasteiger partial charge in [-0.15, -0.1) is 0 Å². The average molecular weight is 236 g/mol. The van der Waals surface area contributed by atoms with Gasteiger partial charge in [0.25, 0.3) is 0 Å². The molecule has 1 unspecified atom stereocenters. The molecule has 0 bridgehead atoms. The molecule has 0 aliphatic carbocycles. The van der Waals surface area contributed by atoms with Crippen molar-refractivity contribution in [3.63, 3.8) is 0 Å². The van der Waals surface area contributed by atoms with Crippen molar-refractivity contribution in [2.24, 2.45) is 5.92 Å². The smallest absolute Gasteiger partial charge is 0.220 e. The quantitative estimate of drug-likeness (QED) is 0.721. The first kappa shape index (κ1) is 12.1. The number of aryl methyl sites for hydroxylation is 1. The summed E-state index contributed by atoms with van der Waals surface area (Å²) in [5.41, 5.74) is 2.07. The van der Waals surface area contributed by atoms with Crippen LogP contribution in [-0.4, -0.2) is 29.2 Å². The van der Waals surface area contributed by atoms with Crippen LogP contribution in [0.4, 0.5) is 0 Å². The van der Waals surface area contributed by atoms with Crippen molar-refractivity contribution in [2.75, 3.05) is 13.1 Å². The molecule has 17 heavy (non-hydrogen) atoms. The zero-order valence-corrected chi connectivity index (χ0v) is 10.3. The van der Waals surface area contributed by atoms with Gasteiger partial charge >= 0.3 is 0 Å². The highest BCUT2D eigenvalue weighted by Gasteiger charge is 2.16. The van der Waals surface area contributed by atoms with Crippen molar-refractivity contribution in [1.29, 1.82) is 0 Å². The predicted octanol–water partition coefficient (Wildman–Crippen LogP) is 0.724. The minimum atomic E-state index is 0.138. The van der Waals surface area contributed by atoms with Gasteiger partial charge in [-0.25, -0.2) is 0 Å². The molecule has 2 heterocycles. The molecule has 5 heteroatoms. The van der Waals surface area contributed by atoms with Crippen molar-refractivity contribution in [2.45, 2.75) is 32.7 Å². The number of hydrogen-bond donors (Lipinski definition) is 3. The lowest BCUT2D eigenvalue weighted by Crippen LogP contribution is -2.34. The Kier molecular flexibility index (Phi) is 4.14. The third-order valence-electron chi connectivity index (χ3n) is 3.28. The van der Waals surface area contributed by atoms with Gasteiger partial charge < -0.3 is 10.6 Å². The van der Waals surface area contributed by atoms with Crippen LogP contribution in [0, 0.1) is 12.8 Å². The fourth-order valence-corrected chi connectivity index (χ4v) is 2.18. The molecule has 94 valence electrons. The molecule has 3 N–H and O–H groups in total. The SMILES string of the molecule is Cc1[nH]ncc1CNC(=O)CC1CCCNC1. The largest absolute Gasteiger partial charge is 0.352 e. The Balaban J connectivity index is 1.72. The summed E-state index contributed by atoms with van der Waals surface area (Å²) >= 11 is 0. The normalized spacial score (nSPS) is 20.2. The molecule has 1 aliphatic heterocycles. The van der Waals surface area contributed by atoms with Crippen LogP contribution in [0.25, 0.3) is 0 Å². The van der Waals surface area contributed by atoms with Gasteiger partial charge in [0, 0.05) is 24.2 Å². The summed E-state index contributed by atoms with van der Waals surface area (Å²) in [5, 5.41) is 13.1. The third-order valence-corrected chi connectivity index (χ3v) is 3.28. The van der Waals surface area contributed by atoms with Crippen molar-refractivity contribution < 1.29 is 4.79 Å². The second-order valence-electron chi connectivity index (χ2n) is 4.71. The van der Waals surface area contributed by atoms with E-state index in [1.807, 2.05) is 6.92 Å². The molecule has 1 aromatic heterocycles. The molecule has 1 aromatic rings. The molecule has 1 saturated heterocycles. The van der Waals surface area contributed by atoms with E-state index >= 15 is 0 Å². The number of nitrogens with one attached hydrogen (secondary N) is 3. The minimum absolute atomic E-state index is 0.138. The third kappa shape index (κ3) is 3.56.